The van der Waals surface area contributed by atoms with Crippen molar-refractivity contribution < 1.29 is 19.2 Å². The fraction of sp³-hybridized carbons (Fsp3) is 0.316. The van der Waals surface area contributed by atoms with E-state index in [0.29, 0.717) is 11.6 Å². The maximum Gasteiger partial charge on any atom is 0.286 e. The van der Waals surface area contributed by atoms with Gasteiger partial charge >= 0.3 is 0 Å². The van der Waals surface area contributed by atoms with Crippen LogP contribution in [0.5, 0.6) is 11.5 Å². The van der Waals surface area contributed by atoms with Gasteiger partial charge in [0.1, 0.15) is 5.56 Å². The van der Waals surface area contributed by atoms with Crippen molar-refractivity contribution in [1.29, 1.82) is 0 Å². The first kappa shape index (κ1) is 19.2. The highest BCUT2D eigenvalue weighted by molar-refractivity contribution is 6.07. The van der Waals surface area contributed by atoms with E-state index in [1.54, 1.807) is 12.1 Å². The maximum absolute atomic E-state index is 12.6. The van der Waals surface area contributed by atoms with Crippen molar-refractivity contribution >= 4 is 17.3 Å². The SMILES string of the molecule is CCC(C)c1ccc(NC(=O)c2cc(OC)c(OC)cc2[N+](=O)[O-])cc1. The number of hydrogen-bond acceptors (Lipinski definition) is 5. The zero-order valence-electron chi connectivity index (χ0n) is 15.2. The normalized spacial score (nSPS) is 11.5. The van der Waals surface area contributed by atoms with Crippen molar-refractivity contribution in [1.82, 2.24) is 0 Å². The maximum atomic E-state index is 12.6. The average Bonchev–Trinajstić information content (AvgIpc) is 2.66. The Morgan fingerprint density at radius 1 is 1.15 bits per heavy atom. The highest BCUT2D eigenvalue weighted by Crippen LogP contribution is 2.34. The molecular formula is C19H22N2O5. The molecule has 138 valence electrons. The van der Waals surface area contributed by atoms with Crippen LogP contribution in [0.25, 0.3) is 0 Å². The third kappa shape index (κ3) is 4.11. The number of nitro groups is 1. The molecule has 2 aromatic rings. The molecule has 0 fully saturated rings. The smallest absolute Gasteiger partial charge is 0.286 e. The molecule has 2 aromatic carbocycles. The topological polar surface area (TPSA) is 90.7 Å². The molecule has 0 spiro atoms. The molecule has 7 heteroatoms. The van der Waals surface area contributed by atoms with Gasteiger partial charge in [0.25, 0.3) is 11.6 Å². The molecule has 0 aliphatic heterocycles. The van der Waals surface area contributed by atoms with Gasteiger partial charge in [0, 0.05) is 11.8 Å². The molecule has 7 nitrogen and oxygen atoms in total. The van der Waals surface area contributed by atoms with Gasteiger partial charge in [-0.2, -0.15) is 0 Å². The Bertz CT molecular complexity index is 802. The van der Waals surface area contributed by atoms with E-state index in [9.17, 15) is 14.9 Å². The first-order valence-electron chi connectivity index (χ1n) is 8.23. The lowest BCUT2D eigenvalue weighted by Crippen LogP contribution is -2.14. The van der Waals surface area contributed by atoms with E-state index in [0.717, 1.165) is 6.42 Å². The number of anilines is 1. The Kier molecular flexibility index (Phi) is 6.16. The zero-order chi connectivity index (χ0) is 19.3. The molecule has 2 rings (SSSR count). The minimum atomic E-state index is -0.622. The summed E-state index contributed by atoms with van der Waals surface area (Å²) in [6.07, 6.45) is 1.02. The van der Waals surface area contributed by atoms with Gasteiger partial charge in [-0.25, -0.2) is 0 Å². The predicted molar refractivity (Wildman–Crippen MR) is 99.3 cm³/mol. The number of rotatable bonds is 7. The van der Waals surface area contributed by atoms with Gasteiger partial charge in [-0.05, 0) is 30.0 Å². The van der Waals surface area contributed by atoms with E-state index >= 15 is 0 Å². The van der Waals surface area contributed by atoms with Crippen LogP contribution in [0, 0.1) is 10.1 Å². The van der Waals surface area contributed by atoms with Gasteiger partial charge in [-0.15, -0.1) is 0 Å². The van der Waals surface area contributed by atoms with Crippen molar-refractivity contribution in [2.45, 2.75) is 26.2 Å². The predicted octanol–water partition coefficient (Wildman–Crippen LogP) is 4.38. The van der Waals surface area contributed by atoms with Gasteiger partial charge in [0.05, 0.1) is 25.2 Å². The molecule has 1 unspecified atom stereocenters. The lowest BCUT2D eigenvalue weighted by Gasteiger charge is -2.12. The molecule has 0 saturated heterocycles. The molecule has 1 N–H and O–H groups in total. The second kappa shape index (κ2) is 8.33. The fourth-order valence-electron chi connectivity index (χ4n) is 2.53. The van der Waals surface area contributed by atoms with Crippen molar-refractivity contribution in [2.75, 3.05) is 19.5 Å². The first-order valence-corrected chi connectivity index (χ1v) is 8.23. The molecule has 0 aromatic heterocycles. The number of nitrogens with zero attached hydrogens (tertiary/aromatic N) is 1. The molecule has 0 bridgehead atoms. The van der Waals surface area contributed by atoms with Gasteiger partial charge in [-0.3, -0.25) is 14.9 Å². The van der Waals surface area contributed by atoms with Gasteiger partial charge in [-0.1, -0.05) is 26.0 Å². The summed E-state index contributed by atoms with van der Waals surface area (Å²) in [7, 11) is 2.78. The van der Waals surface area contributed by atoms with Crippen LogP contribution in [0.1, 0.15) is 42.1 Å². The fourth-order valence-corrected chi connectivity index (χ4v) is 2.53. The van der Waals surface area contributed by atoms with Crippen molar-refractivity contribution in [3.8, 4) is 11.5 Å². The molecular weight excluding hydrogens is 336 g/mol. The lowest BCUT2D eigenvalue weighted by atomic mass is 9.98. The average molecular weight is 358 g/mol. The Morgan fingerprint density at radius 2 is 1.73 bits per heavy atom. The Labute approximate surface area is 152 Å². The summed E-state index contributed by atoms with van der Waals surface area (Å²) in [4.78, 5) is 23.3. The Morgan fingerprint density at radius 3 is 2.23 bits per heavy atom. The summed E-state index contributed by atoms with van der Waals surface area (Å²) >= 11 is 0. The minimum absolute atomic E-state index is 0.0985. The summed E-state index contributed by atoms with van der Waals surface area (Å²) in [6, 6.07) is 9.93. The van der Waals surface area contributed by atoms with Crippen LogP contribution in [0.4, 0.5) is 11.4 Å². The van der Waals surface area contributed by atoms with E-state index in [2.05, 4.69) is 19.2 Å². The van der Waals surface area contributed by atoms with E-state index in [4.69, 9.17) is 9.47 Å². The number of nitro benzene ring substituents is 1. The van der Waals surface area contributed by atoms with E-state index < -0.39 is 10.8 Å². The number of methoxy groups -OCH3 is 2. The summed E-state index contributed by atoms with van der Waals surface area (Å²) in [5.41, 5.74) is 1.28. The van der Waals surface area contributed by atoms with E-state index in [1.807, 2.05) is 12.1 Å². The van der Waals surface area contributed by atoms with E-state index in [1.165, 1.54) is 31.9 Å². The van der Waals surface area contributed by atoms with Crippen LogP contribution in [0.2, 0.25) is 0 Å². The molecule has 0 saturated carbocycles. The monoisotopic (exact) mass is 358 g/mol. The second-order valence-electron chi connectivity index (χ2n) is 5.87. The van der Waals surface area contributed by atoms with Crippen LogP contribution in [-0.2, 0) is 0 Å². The van der Waals surface area contributed by atoms with Gasteiger partial charge in [0.2, 0.25) is 0 Å². The molecule has 0 radical (unpaired) electrons. The Hall–Kier alpha value is -3.09. The van der Waals surface area contributed by atoms with Crippen LogP contribution >= 0.6 is 0 Å². The summed E-state index contributed by atoms with van der Waals surface area (Å²) < 4.78 is 10.2. The second-order valence-corrected chi connectivity index (χ2v) is 5.87. The highest BCUT2D eigenvalue weighted by atomic mass is 16.6. The quantitative estimate of drug-likeness (QED) is 0.586. The van der Waals surface area contributed by atoms with E-state index in [-0.39, 0.29) is 22.7 Å². The Balaban J connectivity index is 2.32. The van der Waals surface area contributed by atoms with Gasteiger partial charge < -0.3 is 14.8 Å². The number of nitrogens with one attached hydrogen (secondary N) is 1. The van der Waals surface area contributed by atoms with Crippen molar-refractivity contribution in [2.24, 2.45) is 0 Å². The largest absolute Gasteiger partial charge is 0.493 e. The number of amides is 1. The molecule has 0 heterocycles. The standard InChI is InChI=1S/C19H22N2O5/c1-5-12(2)13-6-8-14(9-7-13)20-19(22)15-10-17(25-3)18(26-4)11-16(15)21(23)24/h6-12H,5H2,1-4H3,(H,20,22). The van der Waals surface area contributed by atoms with Gasteiger partial charge in [0.15, 0.2) is 11.5 Å². The molecule has 1 atom stereocenters. The highest BCUT2D eigenvalue weighted by Gasteiger charge is 2.24. The van der Waals surface area contributed by atoms with Crippen molar-refractivity contribution in [3.63, 3.8) is 0 Å². The number of carbonyl (C=O) groups is 1. The van der Waals surface area contributed by atoms with Crippen LogP contribution in [-0.4, -0.2) is 25.1 Å². The number of benzene rings is 2. The van der Waals surface area contributed by atoms with Crippen molar-refractivity contribution in [3.05, 3.63) is 57.6 Å². The van der Waals surface area contributed by atoms with Crippen LogP contribution in [0.15, 0.2) is 36.4 Å². The molecule has 1 amide bonds. The molecule has 0 aliphatic rings. The molecule has 26 heavy (non-hydrogen) atoms. The third-order valence-electron chi connectivity index (χ3n) is 4.29. The summed E-state index contributed by atoms with van der Waals surface area (Å²) in [6.45, 7) is 4.23. The third-order valence-corrected chi connectivity index (χ3v) is 4.29. The minimum Gasteiger partial charge on any atom is -0.493 e. The summed E-state index contributed by atoms with van der Waals surface area (Å²) in [5, 5.41) is 14.0. The lowest BCUT2D eigenvalue weighted by molar-refractivity contribution is -0.385. The summed E-state index contributed by atoms with van der Waals surface area (Å²) in [5.74, 6) is 0.268. The number of carbonyl (C=O) groups excluding carboxylic acids is 1. The zero-order valence-corrected chi connectivity index (χ0v) is 15.2. The molecule has 0 aliphatic carbocycles. The first-order chi connectivity index (χ1) is 12.4. The number of hydrogen-bond donors (Lipinski definition) is 1. The van der Waals surface area contributed by atoms with Crippen LogP contribution in [0.3, 0.4) is 0 Å². The number of ether oxygens (including phenoxy) is 2. The van der Waals surface area contributed by atoms with Crippen LogP contribution < -0.4 is 14.8 Å².